The van der Waals surface area contributed by atoms with Crippen molar-refractivity contribution in [2.45, 2.75) is 26.2 Å². The summed E-state index contributed by atoms with van der Waals surface area (Å²) < 4.78 is 10.9. The summed E-state index contributed by atoms with van der Waals surface area (Å²) in [5.74, 6) is 0.865. The van der Waals surface area contributed by atoms with E-state index in [4.69, 9.17) is 14.5 Å². The third-order valence-electron chi connectivity index (χ3n) is 4.79. The van der Waals surface area contributed by atoms with Gasteiger partial charge >= 0.3 is 0 Å². The largest absolute Gasteiger partial charge is 0.396 e. The van der Waals surface area contributed by atoms with Gasteiger partial charge in [0.2, 0.25) is 0 Å². The van der Waals surface area contributed by atoms with Crippen LogP contribution in [0.15, 0.2) is 4.99 Å². The van der Waals surface area contributed by atoms with Crippen LogP contribution in [0.25, 0.3) is 0 Å². The van der Waals surface area contributed by atoms with E-state index in [1.807, 2.05) is 0 Å². The van der Waals surface area contributed by atoms with Crippen LogP contribution in [-0.2, 0) is 9.47 Å². The highest BCUT2D eigenvalue weighted by atomic mass is 127. The van der Waals surface area contributed by atoms with Gasteiger partial charge in [-0.2, -0.15) is 0 Å². The summed E-state index contributed by atoms with van der Waals surface area (Å²) in [6, 6.07) is 0. The molecule has 2 rings (SSSR count). The maximum atomic E-state index is 9.31. The van der Waals surface area contributed by atoms with E-state index >= 15 is 0 Å². The SMILES string of the molecule is CCNC(=NCC1(CCO)CCOC1)NCCCN1CCOCC1.I. The van der Waals surface area contributed by atoms with Crippen LogP contribution in [-0.4, -0.2) is 88.3 Å². The average Bonchev–Trinajstić information content (AvgIpc) is 3.06. The van der Waals surface area contributed by atoms with Gasteiger partial charge in [-0.25, -0.2) is 0 Å². The first-order valence-corrected chi connectivity index (χ1v) is 9.29. The second kappa shape index (κ2) is 13.1. The topological polar surface area (TPSA) is 78.4 Å². The minimum absolute atomic E-state index is 0. The molecule has 1 unspecified atom stereocenters. The van der Waals surface area contributed by atoms with E-state index in [1.54, 1.807) is 0 Å². The zero-order valence-corrected chi connectivity index (χ0v) is 17.8. The number of aliphatic hydroxyl groups is 1. The minimum atomic E-state index is 0. The number of guanidine groups is 1. The van der Waals surface area contributed by atoms with Crippen LogP contribution in [0.5, 0.6) is 0 Å². The summed E-state index contributed by atoms with van der Waals surface area (Å²) in [4.78, 5) is 7.19. The molecule has 0 spiro atoms. The van der Waals surface area contributed by atoms with Gasteiger partial charge in [0.15, 0.2) is 5.96 Å². The number of rotatable bonds is 9. The second-order valence-corrected chi connectivity index (χ2v) is 6.71. The normalized spacial score (nSPS) is 24.8. The number of nitrogens with one attached hydrogen (secondary N) is 2. The number of hydrogen-bond acceptors (Lipinski definition) is 5. The number of aliphatic hydroxyl groups excluding tert-OH is 1. The van der Waals surface area contributed by atoms with Crippen LogP contribution in [0.1, 0.15) is 26.2 Å². The first-order valence-electron chi connectivity index (χ1n) is 9.29. The van der Waals surface area contributed by atoms with Crippen molar-refractivity contribution in [3.05, 3.63) is 0 Å². The Morgan fingerprint density at radius 1 is 1.20 bits per heavy atom. The summed E-state index contributed by atoms with van der Waals surface area (Å²) in [6.07, 6.45) is 2.83. The molecule has 0 aliphatic carbocycles. The van der Waals surface area contributed by atoms with Gasteiger partial charge in [0.05, 0.1) is 26.4 Å². The summed E-state index contributed by atoms with van der Waals surface area (Å²) >= 11 is 0. The lowest BCUT2D eigenvalue weighted by Crippen LogP contribution is -2.41. The van der Waals surface area contributed by atoms with E-state index < -0.39 is 0 Å². The predicted molar refractivity (Wildman–Crippen MR) is 111 cm³/mol. The molecule has 0 saturated carbocycles. The molecular formula is C17H35IN4O3. The highest BCUT2D eigenvalue weighted by Crippen LogP contribution is 2.32. The lowest BCUT2D eigenvalue weighted by molar-refractivity contribution is 0.0376. The van der Waals surface area contributed by atoms with E-state index in [2.05, 4.69) is 22.5 Å². The molecule has 0 radical (unpaired) electrons. The molecule has 0 aromatic heterocycles. The number of ether oxygens (including phenoxy) is 2. The van der Waals surface area contributed by atoms with Crippen molar-refractivity contribution in [3.8, 4) is 0 Å². The van der Waals surface area contributed by atoms with Crippen LogP contribution < -0.4 is 10.6 Å². The molecule has 3 N–H and O–H groups in total. The molecule has 8 heteroatoms. The first kappa shape index (κ1) is 22.9. The number of aliphatic imine (C=N–C) groups is 1. The maximum absolute atomic E-state index is 9.31. The molecule has 1 atom stereocenters. The van der Waals surface area contributed by atoms with E-state index in [-0.39, 0.29) is 36.0 Å². The zero-order chi connectivity index (χ0) is 17.1. The van der Waals surface area contributed by atoms with Gasteiger partial charge in [-0.15, -0.1) is 24.0 Å². The van der Waals surface area contributed by atoms with E-state index in [0.717, 1.165) is 77.8 Å². The van der Waals surface area contributed by atoms with Gasteiger partial charge in [-0.05, 0) is 32.7 Å². The van der Waals surface area contributed by atoms with Crippen LogP contribution in [0.3, 0.4) is 0 Å². The van der Waals surface area contributed by atoms with Crippen molar-refractivity contribution in [3.63, 3.8) is 0 Å². The van der Waals surface area contributed by atoms with Crippen LogP contribution in [0, 0.1) is 5.41 Å². The fourth-order valence-electron chi connectivity index (χ4n) is 3.21. The average molecular weight is 470 g/mol. The lowest BCUT2D eigenvalue weighted by Gasteiger charge is -2.26. The molecule has 0 amide bonds. The smallest absolute Gasteiger partial charge is 0.191 e. The Balaban J connectivity index is 0.00000312. The fraction of sp³-hybridized carbons (Fsp3) is 0.941. The summed E-state index contributed by atoms with van der Waals surface area (Å²) in [5.41, 5.74) is 0.00486. The molecule has 0 aromatic carbocycles. The molecule has 0 aromatic rings. The van der Waals surface area contributed by atoms with E-state index in [9.17, 15) is 5.11 Å². The fourth-order valence-corrected chi connectivity index (χ4v) is 3.21. The predicted octanol–water partition coefficient (Wildman–Crippen LogP) is 0.671. The third kappa shape index (κ3) is 8.38. The number of morpholine rings is 1. The molecule has 2 saturated heterocycles. The molecular weight excluding hydrogens is 435 g/mol. The minimum Gasteiger partial charge on any atom is -0.396 e. The molecule has 2 aliphatic rings. The Labute approximate surface area is 168 Å². The van der Waals surface area contributed by atoms with Gasteiger partial charge in [-0.3, -0.25) is 9.89 Å². The van der Waals surface area contributed by atoms with Crippen LogP contribution >= 0.6 is 24.0 Å². The standard InChI is InChI=1S/C17H34N4O3.HI/c1-2-18-16(19-6-3-7-21-8-12-23-13-9-21)20-14-17(4-10-22)5-11-24-15-17;/h22H,2-15H2,1H3,(H2,18,19,20);1H. The molecule has 2 fully saturated rings. The number of hydrogen-bond donors (Lipinski definition) is 3. The Hall–Kier alpha value is -0.160. The van der Waals surface area contributed by atoms with Gasteiger partial charge in [-0.1, -0.05) is 0 Å². The monoisotopic (exact) mass is 470 g/mol. The highest BCUT2D eigenvalue weighted by Gasteiger charge is 2.34. The lowest BCUT2D eigenvalue weighted by atomic mass is 9.84. The zero-order valence-electron chi connectivity index (χ0n) is 15.5. The molecule has 148 valence electrons. The molecule has 2 heterocycles. The van der Waals surface area contributed by atoms with Gasteiger partial charge in [0.1, 0.15) is 0 Å². The quantitative estimate of drug-likeness (QED) is 0.199. The summed E-state index contributed by atoms with van der Waals surface area (Å²) in [6.45, 7) is 11.1. The molecule has 7 nitrogen and oxygen atoms in total. The van der Waals surface area contributed by atoms with Crippen molar-refractivity contribution in [2.24, 2.45) is 10.4 Å². The Morgan fingerprint density at radius 2 is 2.00 bits per heavy atom. The molecule has 25 heavy (non-hydrogen) atoms. The van der Waals surface area contributed by atoms with E-state index in [1.165, 1.54) is 0 Å². The molecule has 0 bridgehead atoms. The second-order valence-electron chi connectivity index (χ2n) is 6.71. The highest BCUT2D eigenvalue weighted by molar-refractivity contribution is 14.0. The summed E-state index contributed by atoms with van der Waals surface area (Å²) in [5, 5.41) is 16.0. The van der Waals surface area contributed by atoms with Crippen molar-refractivity contribution in [1.29, 1.82) is 0 Å². The van der Waals surface area contributed by atoms with Gasteiger partial charge < -0.3 is 25.2 Å². The Kier molecular flexibility index (Phi) is 12.0. The number of nitrogens with zero attached hydrogens (tertiary/aromatic N) is 2. The van der Waals surface area contributed by atoms with Gasteiger partial charge in [0, 0.05) is 44.8 Å². The van der Waals surface area contributed by atoms with E-state index in [0.29, 0.717) is 13.2 Å². The van der Waals surface area contributed by atoms with Crippen LogP contribution in [0.4, 0.5) is 0 Å². The summed E-state index contributed by atoms with van der Waals surface area (Å²) in [7, 11) is 0. The van der Waals surface area contributed by atoms with Crippen molar-refractivity contribution >= 4 is 29.9 Å². The molecule has 2 aliphatic heterocycles. The van der Waals surface area contributed by atoms with Crippen molar-refractivity contribution in [2.75, 3.05) is 72.3 Å². The number of halogens is 1. The van der Waals surface area contributed by atoms with Crippen molar-refractivity contribution in [1.82, 2.24) is 15.5 Å². The maximum Gasteiger partial charge on any atom is 0.191 e. The Bertz CT molecular complexity index is 373. The Morgan fingerprint density at radius 3 is 2.64 bits per heavy atom. The van der Waals surface area contributed by atoms with Crippen LogP contribution in [0.2, 0.25) is 0 Å². The van der Waals surface area contributed by atoms with Gasteiger partial charge in [0.25, 0.3) is 0 Å². The third-order valence-corrected chi connectivity index (χ3v) is 4.79. The van der Waals surface area contributed by atoms with Crippen molar-refractivity contribution < 1.29 is 14.6 Å². The first-order chi connectivity index (χ1) is 11.8.